The van der Waals surface area contributed by atoms with E-state index in [0.717, 1.165) is 25.2 Å². The van der Waals surface area contributed by atoms with Crippen molar-refractivity contribution in [1.29, 1.82) is 0 Å². The Bertz CT molecular complexity index is 516. The minimum atomic E-state index is 0.832. The predicted molar refractivity (Wildman–Crippen MR) is 83.0 cm³/mol. The fourth-order valence-corrected chi connectivity index (χ4v) is 2.30. The van der Waals surface area contributed by atoms with Crippen LogP contribution >= 0.6 is 0 Å². The van der Waals surface area contributed by atoms with Crippen molar-refractivity contribution in [3.05, 3.63) is 42.0 Å². The summed E-state index contributed by atoms with van der Waals surface area (Å²) in [4.78, 5) is 0. The molecule has 0 atom stereocenters. The Labute approximate surface area is 116 Å². The Morgan fingerprint density at radius 2 is 1.63 bits per heavy atom. The zero-order valence-corrected chi connectivity index (χ0v) is 12.1. The second-order valence-electron chi connectivity index (χ2n) is 5.11. The van der Waals surface area contributed by atoms with Gasteiger partial charge in [0, 0.05) is 0 Å². The number of fused-ring (bicyclic) bond motifs is 1. The van der Waals surface area contributed by atoms with Gasteiger partial charge in [-0.05, 0) is 41.3 Å². The lowest BCUT2D eigenvalue weighted by Crippen LogP contribution is -1.97. The highest BCUT2D eigenvalue weighted by Crippen LogP contribution is 2.22. The average molecular weight is 256 g/mol. The number of hydrogen-bond acceptors (Lipinski definition) is 1. The summed E-state index contributed by atoms with van der Waals surface area (Å²) < 4.78 is 5.82. The summed E-state index contributed by atoms with van der Waals surface area (Å²) in [5.41, 5.74) is 1.39. The molecule has 1 heteroatoms. The van der Waals surface area contributed by atoms with Gasteiger partial charge in [-0.2, -0.15) is 0 Å². The smallest absolute Gasteiger partial charge is 0.119 e. The predicted octanol–water partition coefficient (Wildman–Crippen LogP) is 5.36. The molecule has 0 saturated carbocycles. The van der Waals surface area contributed by atoms with E-state index in [1.807, 2.05) is 0 Å². The van der Waals surface area contributed by atoms with E-state index in [2.05, 4.69) is 50.2 Å². The second kappa shape index (κ2) is 7.18. The van der Waals surface area contributed by atoms with Crippen molar-refractivity contribution in [3.8, 4) is 5.75 Å². The van der Waals surface area contributed by atoms with Crippen LogP contribution < -0.4 is 4.74 Å². The van der Waals surface area contributed by atoms with Crippen molar-refractivity contribution < 1.29 is 4.74 Å². The van der Waals surface area contributed by atoms with Gasteiger partial charge in [-0.3, -0.25) is 0 Å². The molecule has 0 aliphatic rings. The molecule has 2 aromatic carbocycles. The second-order valence-corrected chi connectivity index (χ2v) is 5.11. The minimum absolute atomic E-state index is 0.832. The molecule has 19 heavy (non-hydrogen) atoms. The van der Waals surface area contributed by atoms with E-state index in [1.54, 1.807) is 0 Å². The average Bonchev–Trinajstić information content (AvgIpc) is 2.46. The number of ether oxygens (including phenoxy) is 1. The Kier molecular flexibility index (Phi) is 5.26. The monoisotopic (exact) mass is 256 g/mol. The topological polar surface area (TPSA) is 9.23 Å². The van der Waals surface area contributed by atoms with Crippen molar-refractivity contribution >= 4 is 10.8 Å². The first kappa shape index (κ1) is 13.9. The molecule has 0 fully saturated rings. The SMILES string of the molecule is CCCCCCOc1ccc2cc(CC)ccc2c1. The summed E-state index contributed by atoms with van der Waals surface area (Å²) >= 11 is 0. The lowest BCUT2D eigenvalue weighted by atomic mass is 10.1. The number of benzene rings is 2. The molecule has 0 heterocycles. The minimum Gasteiger partial charge on any atom is -0.494 e. The van der Waals surface area contributed by atoms with E-state index in [0.29, 0.717) is 0 Å². The molecule has 102 valence electrons. The molecule has 0 aliphatic carbocycles. The van der Waals surface area contributed by atoms with Crippen LogP contribution in [-0.4, -0.2) is 6.61 Å². The van der Waals surface area contributed by atoms with Gasteiger partial charge in [-0.25, -0.2) is 0 Å². The molecule has 0 aromatic heterocycles. The van der Waals surface area contributed by atoms with Gasteiger partial charge in [-0.1, -0.05) is 57.4 Å². The Morgan fingerprint density at radius 1 is 0.842 bits per heavy atom. The Hall–Kier alpha value is -1.50. The maximum Gasteiger partial charge on any atom is 0.119 e. The lowest BCUT2D eigenvalue weighted by Gasteiger charge is -2.08. The van der Waals surface area contributed by atoms with Crippen LogP contribution in [-0.2, 0) is 6.42 Å². The number of aryl methyl sites for hydroxylation is 1. The highest BCUT2D eigenvalue weighted by atomic mass is 16.5. The third-order valence-electron chi connectivity index (χ3n) is 3.55. The Balaban J connectivity index is 1.97. The maximum absolute atomic E-state index is 5.82. The zero-order chi connectivity index (χ0) is 13.5. The summed E-state index contributed by atoms with van der Waals surface area (Å²) in [6.07, 6.45) is 6.09. The molecule has 0 amide bonds. The van der Waals surface area contributed by atoms with Crippen LogP contribution in [0.3, 0.4) is 0 Å². The van der Waals surface area contributed by atoms with E-state index in [-0.39, 0.29) is 0 Å². The summed E-state index contributed by atoms with van der Waals surface area (Å²) in [5, 5.41) is 2.57. The molecule has 0 aliphatic heterocycles. The number of unbranched alkanes of at least 4 members (excludes halogenated alkanes) is 3. The van der Waals surface area contributed by atoms with Gasteiger partial charge in [0.05, 0.1) is 6.61 Å². The van der Waals surface area contributed by atoms with Gasteiger partial charge < -0.3 is 4.74 Å². The van der Waals surface area contributed by atoms with Crippen molar-refractivity contribution in [1.82, 2.24) is 0 Å². The Morgan fingerprint density at radius 3 is 2.42 bits per heavy atom. The van der Waals surface area contributed by atoms with Crippen molar-refractivity contribution in [2.24, 2.45) is 0 Å². The van der Waals surface area contributed by atoms with Crippen LogP contribution in [0.15, 0.2) is 36.4 Å². The first-order valence-electron chi connectivity index (χ1n) is 7.49. The van der Waals surface area contributed by atoms with Crippen LogP contribution in [0.5, 0.6) is 5.75 Å². The van der Waals surface area contributed by atoms with Gasteiger partial charge >= 0.3 is 0 Å². The van der Waals surface area contributed by atoms with Crippen LogP contribution in [0, 0.1) is 0 Å². The van der Waals surface area contributed by atoms with Crippen molar-refractivity contribution in [2.45, 2.75) is 46.0 Å². The van der Waals surface area contributed by atoms with Gasteiger partial charge in [0.2, 0.25) is 0 Å². The van der Waals surface area contributed by atoms with Crippen LogP contribution in [0.25, 0.3) is 10.8 Å². The van der Waals surface area contributed by atoms with E-state index >= 15 is 0 Å². The molecule has 2 aromatic rings. The normalized spacial score (nSPS) is 10.8. The quantitative estimate of drug-likeness (QED) is 0.606. The maximum atomic E-state index is 5.82. The fraction of sp³-hybridized carbons (Fsp3) is 0.444. The molecule has 0 spiro atoms. The molecular weight excluding hydrogens is 232 g/mol. The zero-order valence-electron chi connectivity index (χ0n) is 12.1. The molecular formula is C18H24O. The van der Waals surface area contributed by atoms with E-state index < -0.39 is 0 Å². The summed E-state index contributed by atoms with van der Waals surface area (Å²) in [6.45, 7) is 5.25. The summed E-state index contributed by atoms with van der Waals surface area (Å²) in [6, 6.07) is 13.1. The molecule has 0 unspecified atom stereocenters. The van der Waals surface area contributed by atoms with Gasteiger partial charge in [0.25, 0.3) is 0 Å². The third kappa shape index (κ3) is 3.99. The fourth-order valence-electron chi connectivity index (χ4n) is 2.30. The van der Waals surface area contributed by atoms with E-state index in [1.165, 1.54) is 35.6 Å². The molecule has 2 rings (SSSR count). The van der Waals surface area contributed by atoms with Gasteiger partial charge in [0.15, 0.2) is 0 Å². The molecule has 0 radical (unpaired) electrons. The molecule has 0 bridgehead atoms. The van der Waals surface area contributed by atoms with Crippen LogP contribution in [0.1, 0.15) is 45.1 Å². The third-order valence-corrected chi connectivity index (χ3v) is 3.55. The molecule has 1 nitrogen and oxygen atoms in total. The number of hydrogen-bond donors (Lipinski definition) is 0. The summed E-state index contributed by atoms with van der Waals surface area (Å²) in [5.74, 6) is 0.994. The van der Waals surface area contributed by atoms with Crippen molar-refractivity contribution in [2.75, 3.05) is 6.61 Å². The largest absolute Gasteiger partial charge is 0.494 e. The van der Waals surface area contributed by atoms with Crippen LogP contribution in [0.4, 0.5) is 0 Å². The standard InChI is InChI=1S/C18H24O/c1-3-5-6-7-12-19-18-11-10-16-13-15(4-2)8-9-17(16)14-18/h8-11,13-14H,3-7,12H2,1-2H3. The molecule has 0 saturated heterocycles. The first-order valence-corrected chi connectivity index (χ1v) is 7.49. The number of rotatable bonds is 7. The summed E-state index contributed by atoms with van der Waals surface area (Å²) in [7, 11) is 0. The van der Waals surface area contributed by atoms with Gasteiger partial charge in [-0.15, -0.1) is 0 Å². The van der Waals surface area contributed by atoms with Gasteiger partial charge in [0.1, 0.15) is 5.75 Å². The van der Waals surface area contributed by atoms with E-state index in [4.69, 9.17) is 4.74 Å². The highest BCUT2D eigenvalue weighted by Gasteiger charge is 1.99. The first-order chi connectivity index (χ1) is 9.33. The lowest BCUT2D eigenvalue weighted by molar-refractivity contribution is 0.305. The van der Waals surface area contributed by atoms with Crippen LogP contribution in [0.2, 0.25) is 0 Å². The van der Waals surface area contributed by atoms with Crippen molar-refractivity contribution in [3.63, 3.8) is 0 Å². The highest BCUT2D eigenvalue weighted by molar-refractivity contribution is 5.84. The molecule has 0 N–H and O–H groups in total. The van der Waals surface area contributed by atoms with E-state index in [9.17, 15) is 0 Å².